The van der Waals surface area contributed by atoms with E-state index < -0.39 is 0 Å². The summed E-state index contributed by atoms with van der Waals surface area (Å²) >= 11 is 0. The first-order valence-corrected chi connectivity index (χ1v) is 4.36. The summed E-state index contributed by atoms with van der Waals surface area (Å²) in [6.07, 6.45) is 3.91. The predicted octanol–water partition coefficient (Wildman–Crippen LogP) is 2.82. The van der Waals surface area contributed by atoms with Crippen LogP contribution in [0.4, 0.5) is 0 Å². The summed E-state index contributed by atoms with van der Waals surface area (Å²) in [6, 6.07) is 5.30. The molecule has 0 fully saturated rings. The Kier molecular flexibility index (Phi) is 3.38. The van der Waals surface area contributed by atoms with Gasteiger partial charge in [-0.05, 0) is 31.5 Å². The molecule has 0 aliphatic rings. The number of phenolic OH excluding ortho intramolecular Hbond substituents is 1. The molecule has 0 saturated heterocycles. The molecule has 0 aliphatic heterocycles. The summed E-state index contributed by atoms with van der Waals surface area (Å²) in [7, 11) is 0. The Morgan fingerprint density at radius 1 is 1.46 bits per heavy atom. The smallest absolute Gasteiger partial charge is 0.161 e. The van der Waals surface area contributed by atoms with Crippen LogP contribution in [0.3, 0.4) is 0 Å². The van der Waals surface area contributed by atoms with E-state index in [1.807, 2.05) is 38.1 Å². The molecule has 0 amide bonds. The molecule has 1 aromatic carbocycles. The van der Waals surface area contributed by atoms with Gasteiger partial charge in [0, 0.05) is 0 Å². The number of ether oxygens (including phenoxy) is 1. The second-order valence-electron chi connectivity index (χ2n) is 2.66. The summed E-state index contributed by atoms with van der Waals surface area (Å²) in [6.45, 7) is 4.40. The molecule has 1 rings (SSSR count). The second-order valence-corrected chi connectivity index (χ2v) is 2.66. The highest BCUT2D eigenvalue weighted by Crippen LogP contribution is 2.27. The van der Waals surface area contributed by atoms with Gasteiger partial charge in [-0.15, -0.1) is 0 Å². The number of hydrogen-bond donors (Lipinski definition) is 1. The van der Waals surface area contributed by atoms with Gasteiger partial charge in [-0.1, -0.05) is 18.2 Å². The number of allylic oxidation sites excluding steroid dienone is 1. The second kappa shape index (κ2) is 4.55. The lowest BCUT2D eigenvalue weighted by atomic mass is 10.2. The van der Waals surface area contributed by atoms with E-state index >= 15 is 0 Å². The Bertz CT molecular complexity index is 303. The molecule has 1 aromatic rings. The monoisotopic (exact) mass is 178 g/mol. The lowest BCUT2D eigenvalue weighted by Gasteiger charge is -2.05. The lowest BCUT2D eigenvalue weighted by molar-refractivity contribution is 0.318. The van der Waals surface area contributed by atoms with Crippen molar-refractivity contribution in [2.45, 2.75) is 13.8 Å². The highest BCUT2D eigenvalue weighted by Gasteiger charge is 2.00. The molecule has 0 unspecified atom stereocenters. The topological polar surface area (TPSA) is 29.5 Å². The molecule has 0 radical (unpaired) electrons. The molecule has 2 heteroatoms. The minimum atomic E-state index is 0.190. The van der Waals surface area contributed by atoms with Crippen LogP contribution < -0.4 is 4.74 Å². The number of benzene rings is 1. The van der Waals surface area contributed by atoms with E-state index in [9.17, 15) is 5.11 Å². The first kappa shape index (κ1) is 9.65. The van der Waals surface area contributed by atoms with Crippen LogP contribution in [0.1, 0.15) is 19.4 Å². The molecule has 0 heterocycles. The fourth-order valence-corrected chi connectivity index (χ4v) is 1.10. The van der Waals surface area contributed by atoms with Crippen molar-refractivity contribution in [2.24, 2.45) is 0 Å². The summed E-state index contributed by atoms with van der Waals surface area (Å²) in [5, 5.41) is 9.39. The largest absolute Gasteiger partial charge is 0.504 e. The van der Waals surface area contributed by atoms with Gasteiger partial charge in [-0.25, -0.2) is 0 Å². The molecule has 0 atom stereocenters. The number of phenols is 1. The fraction of sp³-hybridized carbons (Fsp3) is 0.273. The molecule has 2 nitrogen and oxygen atoms in total. The third kappa shape index (κ3) is 2.51. The zero-order chi connectivity index (χ0) is 9.68. The van der Waals surface area contributed by atoms with Crippen LogP contribution >= 0.6 is 0 Å². The molecular weight excluding hydrogens is 164 g/mol. The van der Waals surface area contributed by atoms with Crippen molar-refractivity contribution >= 4 is 6.08 Å². The Balaban J connectivity index is 2.96. The van der Waals surface area contributed by atoms with E-state index in [0.717, 1.165) is 5.56 Å². The molecule has 0 aromatic heterocycles. The molecule has 13 heavy (non-hydrogen) atoms. The summed E-state index contributed by atoms with van der Waals surface area (Å²) in [4.78, 5) is 0. The third-order valence-electron chi connectivity index (χ3n) is 1.64. The van der Waals surface area contributed by atoms with Crippen molar-refractivity contribution in [3.63, 3.8) is 0 Å². The lowest BCUT2D eigenvalue weighted by Crippen LogP contribution is -1.91. The van der Waals surface area contributed by atoms with Gasteiger partial charge in [0.1, 0.15) is 0 Å². The standard InChI is InChI=1S/C11H14O2/c1-3-5-9-6-7-10(12)11(8-9)13-4-2/h3,5-8,12H,4H2,1-2H3/b5-3-. The molecule has 1 N–H and O–H groups in total. The van der Waals surface area contributed by atoms with Crippen LogP contribution in [0.15, 0.2) is 24.3 Å². The average Bonchev–Trinajstić information content (AvgIpc) is 2.12. The Morgan fingerprint density at radius 2 is 2.23 bits per heavy atom. The highest BCUT2D eigenvalue weighted by atomic mass is 16.5. The van der Waals surface area contributed by atoms with E-state index in [4.69, 9.17) is 4.74 Å². The molecule has 0 aliphatic carbocycles. The van der Waals surface area contributed by atoms with Gasteiger partial charge in [-0.2, -0.15) is 0 Å². The van der Waals surface area contributed by atoms with Gasteiger partial charge in [0.05, 0.1) is 6.61 Å². The quantitative estimate of drug-likeness (QED) is 0.771. The Labute approximate surface area is 78.5 Å². The normalized spacial score (nSPS) is 10.6. The number of aromatic hydroxyl groups is 1. The maximum atomic E-state index is 9.39. The van der Waals surface area contributed by atoms with Gasteiger partial charge >= 0.3 is 0 Å². The van der Waals surface area contributed by atoms with Crippen LogP contribution in [0.2, 0.25) is 0 Å². The fourth-order valence-electron chi connectivity index (χ4n) is 1.10. The van der Waals surface area contributed by atoms with Crippen LogP contribution in [-0.4, -0.2) is 11.7 Å². The van der Waals surface area contributed by atoms with Crippen molar-refractivity contribution in [1.82, 2.24) is 0 Å². The molecule has 0 saturated carbocycles. The SMILES string of the molecule is C/C=C\c1ccc(O)c(OCC)c1. The zero-order valence-corrected chi connectivity index (χ0v) is 7.95. The predicted molar refractivity (Wildman–Crippen MR) is 54.0 cm³/mol. The molecule has 70 valence electrons. The maximum Gasteiger partial charge on any atom is 0.161 e. The van der Waals surface area contributed by atoms with E-state index in [2.05, 4.69) is 0 Å². The van der Waals surface area contributed by atoms with Crippen molar-refractivity contribution in [3.8, 4) is 11.5 Å². The maximum absolute atomic E-state index is 9.39. The van der Waals surface area contributed by atoms with Gasteiger partial charge in [0.15, 0.2) is 11.5 Å². The van der Waals surface area contributed by atoms with Crippen LogP contribution in [-0.2, 0) is 0 Å². The van der Waals surface area contributed by atoms with Gasteiger partial charge in [0.2, 0.25) is 0 Å². The van der Waals surface area contributed by atoms with Crippen molar-refractivity contribution < 1.29 is 9.84 Å². The average molecular weight is 178 g/mol. The van der Waals surface area contributed by atoms with Crippen molar-refractivity contribution in [3.05, 3.63) is 29.8 Å². The van der Waals surface area contributed by atoms with Gasteiger partial charge < -0.3 is 9.84 Å². The zero-order valence-electron chi connectivity index (χ0n) is 7.95. The van der Waals surface area contributed by atoms with E-state index in [-0.39, 0.29) is 5.75 Å². The third-order valence-corrected chi connectivity index (χ3v) is 1.64. The highest BCUT2D eigenvalue weighted by molar-refractivity contribution is 5.55. The Hall–Kier alpha value is -1.44. The summed E-state index contributed by atoms with van der Waals surface area (Å²) in [5.41, 5.74) is 1.03. The van der Waals surface area contributed by atoms with E-state index in [1.54, 1.807) is 6.07 Å². The summed E-state index contributed by atoms with van der Waals surface area (Å²) in [5.74, 6) is 0.730. The summed E-state index contributed by atoms with van der Waals surface area (Å²) < 4.78 is 5.24. The number of rotatable bonds is 3. The van der Waals surface area contributed by atoms with Crippen LogP contribution in [0.25, 0.3) is 6.08 Å². The minimum Gasteiger partial charge on any atom is -0.504 e. The van der Waals surface area contributed by atoms with Crippen LogP contribution in [0, 0.1) is 0 Å². The van der Waals surface area contributed by atoms with Crippen molar-refractivity contribution in [1.29, 1.82) is 0 Å². The molecule has 0 bridgehead atoms. The van der Waals surface area contributed by atoms with Gasteiger partial charge in [-0.3, -0.25) is 0 Å². The first-order chi connectivity index (χ1) is 6.27. The van der Waals surface area contributed by atoms with Crippen molar-refractivity contribution in [2.75, 3.05) is 6.61 Å². The first-order valence-electron chi connectivity index (χ1n) is 4.36. The van der Waals surface area contributed by atoms with E-state index in [0.29, 0.717) is 12.4 Å². The minimum absolute atomic E-state index is 0.190. The Morgan fingerprint density at radius 3 is 2.85 bits per heavy atom. The molecule has 0 spiro atoms. The van der Waals surface area contributed by atoms with E-state index in [1.165, 1.54) is 0 Å². The molecular formula is C11H14O2. The number of hydrogen-bond acceptors (Lipinski definition) is 2. The van der Waals surface area contributed by atoms with Gasteiger partial charge in [0.25, 0.3) is 0 Å². The van der Waals surface area contributed by atoms with Crippen LogP contribution in [0.5, 0.6) is 11.5 Å².